The summed E-state index contributed by atoms with van der Waals surface area (Å²) in [6.07, 6.45) is 9.18. The van der Waals surface area contributed by atoms with E-state index < -0.39 is 12.0 Å². The van der Waals surface area contributed by atoms with E-state index in [1.54, 1.807) is 0 Å². The Kier molecular flexibility index (Phi) is 4.78. The molecule has 1 amide bonds. The molecule has 1 aromatic rings. The lowest BCUT2D eigenvalue weighted by Crippen LogP contribution is -2.43. The summed E-state index contributed by atoms with van der Waals surface area (Å²) in [6, 6.07) is 1.36. The number of aliphatic carboxylic acids is 1. The largest absolute Gasteiger partial charge is 0.480 e. The highest BCUT2D eigenvalue weighted by atomic mass is 16.4. The maximum absolute atomic E-state index is 11.9. The molecule has 0 aromatic carbocycles. The molecule has 3 heterocycles. The first-order valence-corrected chi connectivity index (χ1v) is 10.1. The molecular formula is C20H28N4O3. The number of anilines is 1. The Bertz CT molecular complexity index is 700. The van der Waals surface area contributed by atoms with Gasteiger partial charge in [0.25, 0.3) is 0 Å². The Balaban J connectivity index is 1.44. The Morgan fingerprint density at radius 1 is 1.22 bits per heavy atom. The van der Waals surface area contributed by atoms with Crippen molar-refractivity contribution in [3.05, 3.63) is 18.0 Å². The van der Waals surface area contributed by atoms with Crippen molar-refractivity contribution in [3.8, 4) is 0 Å². The number of likely N-dealkylation sites (tertiary alicyclic amines) is 1. The molecule has 2 aliphatic heterocycles. The average Bonchev–Trinajstić information content (AvgIpc) is 3.31. The van der Waals surface area contributed by atoms with Crippen LogP contribution in [0.2, 0.25) is 0 Å². The van der Waals surface area contributed by atoms with Crippen LogP contribution in [0, 0.1) is 5.41 Å². The van der Waals surface area contributed by atoms with E-state index in [0.717, 1.165) is 37.6 Å². The third-order valence-electron chi connectivity index (χ3n) is 6.74. The van der Waals surface area contributed by atoms with Gasteiger partial charge in [-0.3, -0.25) is 4.79 Å². The minimum absolute atomic E-state index is 0.0890. The van der Waals surface area contributed by atoms with E-state index in [1.807, 2.05) is 12.3 Å². The third-order valence-corrected chi connectivity index (χ3v) is 6.74. The van der Waals surface area contributed by atoms with Crippen LogP contribution < -0.4 is 4.90 Å². The first-order valence-electron chi connectivity index (χ1n) is 10.1. The Morgan fingerprint density at radius 3 is 2.52 bits per heavy atom. The predicted octanol–water partition coefficient (Wildman–Crippen LogP) is 2.43. The summed E-state index contributed by atoms with van der Waals surface area (Å²) in [7, 11) is 0. The predicted molar refractivity (Wildman–Crippen MR) is 101 cm³/mol. The molecule has 2 saturated heterocycles. The zero-order valence-electron chi connectivity index (χ0n) is 15.9. The van der Waals surface area contributed by atoms with Gasteiger partial charge in [0.05, 0.1) is 0 Å². The fourth-order valence-corrected chi connectivity index (χ4v) is 5.11. The highest BCUT2D eigenvalue weighted by molar-refractivity contribution is 5.83. The number of rotatable bonds is 3. The molecule has 1 spiro atoms. The van der Waals surface area contributed by atoms with Crippen LogP contribution in [0.25, 0.3) is 0 Å². The van der Waals surface area contributed by atoms with Crippen LogP contribution in [0.5, 0.6) is 0 Å². The zero-order valence-corrected chi connectivity index (χ0v) is 15.9. The van der Waals surface area contributed by atoms with E-state index in [1.165, 1.54) is 37.5 Å². The Hall–Kier alpha value is -2.18. The fraction of sp³-hybridized carbons (Fsp3) is 0.700. The molecule has 1 aliphatic carbocycles. The smallest absolute Gasteiger partial charge is 0.326 e. The second-order valence-corrected chi connectivity index (χ2v) is 8.46. The van der Waals surface area contributed by atoms with Crippen LogP contribution in [0.1, 0.15) is 63.5 Å². The van der Waals surface area contributed by atoms with Crippen molar-refractivity contribution in [3.63, 3.8) is 0 Å². The van der Waals surface area contributed by atoms with Gasteiger partial charge in [-0.2, -0.15) is 0 Å². The summed E-state index contributed by atoms with van der Waals surface area (Å²) in [4.78, 5) is 36.5. The van der Waals surface area contributed by atoms with Gasteiger partial charge in [0.15, 0.2) is 0 Å². The maximum Gasteiger partial charge on any atom is 0.326 e. The van der Waals surface area contributed by atoms with Crippen molar-refractivity contribution in [2.75, 3.05) is 24.5 Å². The molecule has 0 bridgehead atoms. The number of hydrogen-bond donors (Lipinski definition) is 1. The molecule has 1 atom stereocenters. The van der Waals surface area contributed by atoms with Crippen LogP contribution in [0.4, 0.5) is 5.95 Å². The molecule has 7 nitrogen and oxygen atoms in total. The van der Waals surface area contributed by atoms with Crippen LogP contribution in [-0.4, -0.2) is 57.5 Å². The summed E-state index contributed by atoms with van der Waals surface area (Å²) in [6.45, 7) is 3.64. The van der Waals surface area contributed by atoms with E-state index in [-0.39, 0.29) is 11.3 Å². The molecule has 27 heavy (non-hydrogen) atoms. The van der Waals surface area contributed by atoms with Gasteiger partial charge < -0.3 is 14.9 Å². The number of nitrogens with zero attached hydrogens (tertiary/aromatic N) is 4. The van der Waals surface area contributed by atoms with Crippen LogP contribution in [-0.2, 0) is 9.59 Å². The number of carboxylic acids is 1. The summed E-state index contributed by atoms with van der Waals surface area (Å²) in [5, 5.41) is 9.49. The summed E-state index contributed by atoms with van der Waals surface area (Å²) >= 11 is 0. The first kappa shape index (κ1) is 18.2. The van der Waals surface area contributed by atoms with Crippen molar-refractivity contribution in [1.29, 1.82) is 0 Å². The second-order valence-electron chi connectivity index (χ2n) is 8.46. The lowest BCUT2D eigenvalue weighted by molar-refractivity contribution is -0.147. The number of carbonyl (C=O) groups is 2. The van der Waals surface area contributed by atoms with Gasteiger partial charge in [0, 0.05) is 44.4 Å². The summed E-state index contributed by atoms with van der Waals surface area (Å²) < 4.78 is 0. The standard InChI is InChI=1S/C20H28N4O3/c1-14(25)24-13-20(12-17(24)18(26)27)7-10-23(11-8-20)19-21-9-6-16(22-19)15-4-2-3-5-15/h6,9,15,17H,2-5,7-8,10-13H2,1H3,(H,26,27). The van der Waals surface area contributed by atoms with Gasteiger partial charge in [-0.15, -0.1) is 0 Å². The van der Waals surface area contributed by atoms with Gasteiger partial charge in [-0.25, -0.2) is 14.8 Å². The molecule has 3 fully saturated rings. The monoisotopic (exact) mass is 372 g/mol. The molecule has 146 valence electrons. The van der Waals surface area contributed by atoms with Crippen LogP contribution >= 0.6 is 0 Å². The zero-order chi connectivity index (χ0) is 19.0. The number of aromatic nitrogens is 2. The van der Waals surface area contributed by atoms with E-state index >= 15 is 0 Å². The normalized spacial score (nSPS) is 25.3. The van der Waals surface area contributed by atoms with Crippen molar-refractivity contribution in [1.82, 2.24) is 14.9 Å². The molecule has 4 rings (SSSR count). The Labute approximate surface area is 159 Å². The number of carbonyl (C=O) groups excluding carboxylic acids is 1. The second kappa shape index (κ2) is 7.09. The van der Waals surface area contributed by atoms with Crippen molar-refractivity contribution in [2.45, 2.75) is 63.8 Å². The highest BCUT2D eigenvalue weighted by Gasteiger charge is 2.49. The van der Waals surface area contributed by atoms with Crippen LogP contribution in [0.3, 0.4) is 0 Å². The van der Waals surface area contributed by atoms with E-state index in [2.05, 4.69) is 9.88 Å². The Morgan fingerprint density at radius 2 is 1.93 bits per heavy atom. The molecule has 3 aliphatic rings. The SMILES string of the molecule is CC(=O)N1CC2(CCN(c3nccc(C4CCCC4)n3)CC2)CC1C(=O)O. The van der Waals surface area contributed by atoms with Gasteiger partial charge >= 0.3 is 5.97 Å². The topological polar surface area (TPSA) is 86.6 Å². The quantitative estimate of drug-likeness (QED) is 0.877. The van der Waals surface area contributed by atoms with Gasteiger partial charge in [-0.05, 0) is 43.6 Å². The minimum Gasteiger partial charge on any atom is -0.480 e. The molecule has 1 saturated carbocycles. The maximum atomic E-state index is 11.9. The number of piperidine rings is 1. The molecule has 1 unspecified atom stereocenters. The third kappa shape index (κ3) is 3.51. The molecule has 7 heteroatoms. The molecule has 0 radical (unpaired) electrons. The van der Waals surface area contributed by atoms with Crippen LogP contribution in [0.15, 0.2) is 12.3 Å². The van der Waals surface area contributed by atoms with Crippen molar-refractivity contribution >= 4 is 17.8 Å². The van der Waals surface area contributed by atoms with Gasteiger partial charge in [-0.1, -0.05) is 12.8 Å². The van der Waals surface area contributed by atoms with Crippen molar-refractivity contribution in [2.24, 2.45) is 5.41 Å². The lowest BCUT2D eigenvalue weighted by atomic mass is 9.76. The van der Waals surface area contributed by atoms with Crippen molar-refractivity contribution < 1.29 is 14.7 Å². The van der Waals surface area contributed by atoms with E-state index in [4.69, 9.17) is 4.98 Å². The first-order chi connectivity index (χ1) is 13.0. The van der Waals surface area contributed by atoms with E-state index in [0.29, 0.717) is 18.9 Å². The average molecular weight is 372 g/mol. The molecule has 1 N–H and O–H groups in total. The van der Waals surface area contributed by atoms with Gasteiger partial charge in [0.1, 0.15) is 6.04 Å². The summed E-state index contributed by atoms with van der Waals surface area (Å²) in [5.74, 6) is 0.329. The number of carboxylic acid groups (broad SMARTS) is 1. The molecule has 1 aromatic heterocycles. The minimum atomic E-state index is -0.892. The van der Waals surface area contributed by atoms with Gasteiger partial charge in [0.2, 0.25) is 11.9 Å². The number of hydrogen-bond acceptors (Lipinski definition) is 5. The fourth-order valence-electron chi connectivity index (χ4n) is 5.11. The lowest BCUT2D eigenvalue weighted by Gasteiger charge is -2.39. The highest BCUT2D eigenvalue weighted by Crippen LogP contribution is 2.44. The number of amides is 1. The van der Waals surface area contributed by atoms with E-state index in [9.17, 15) is 14.7 Å². The summed E-state index contributed by atoms with van der Waals surface area (Å²) in [5.41, 5.74) is 1.07. The molecular weight excluding hydrogens is 344 g/mol.